The summed E-state index contributed by atoms with van der Waals surface area (Å²) in [6, 6.07) is 16.5. The molecule has 1 fully saturated rings. The van der Waals surface area contributed by atoms with E-state index in [1.54, 1.807) is 12.1 Å². The van der Waals surface area contributed by atoms with Crippen LogP contribution in [0.4, 0.5) is 9.18 Å². The van der Waals surface area contributed by atoms with Crippen molar-refractivity contribution in [1.29, 1.82) is 0 Å². The van der Waals surface area contributed by atoms with Crippen molar-refractivity contribution in [3.8, 4) is 0 Å². The topological polar surface area (TPSA) is 73.5 Å². The average Bonchev–Trinajstić information content (AvgIpc) is 2.77. The monoisotopic (exact) mass is 426 g/mol. The predicted molar refractivity (Wildman–Crippen MR) is 119 cm³/mol. The van der Waals surface area contributed by atoms with E-state index >= 15 is 0 Å². The van der Waals surface area contributed by atoms with Gasteiger partial charge in [0, 0.05) is 32.2 Å². The highest BCUT2D eigenvalue weighted by atomic mass is 19.1. The normalized spacial score (nSPS) is 16.5. The lowest BCUT2D eigenvalue weighted by atomic mass is 10.0. The molecule has 0 aromatic heterocycles. The van der Waals surface area contributed by atoms with Crippen molar-refractivity contribution in [3.05, 3.63) is 71.5 Å². The number of nitrogens with zero attached hydrogens (tertiary/aromatic N) is 1. The van der Waals surface area contributed by atoms with E-state index < -0.39 is 0 Å². The van der Waals surface area contributed by atoms with E-state index in [2.05, 4.69) is 45.1 Å². The second-order valence-electron chi connectivity index (χ2n) is 7.90. The van der Waals surface area contributed by atoms with E-state index in [1.807, 2.05) is 6.07 Å². The van der Waals surface area contributed by atoms with Crippen LogP contribution in [0.1, 0.15) is 30.4 Å². The zero-order valence-corrected chi connectivity index (χ0v) is 17.8. The molecule has 6 nitrogen and oxygen atoms in total. The number of benzene rings is 2. The van der Waals surface area contributed by atoms with Crippen molar-refractivity contribution >= 4 is 11.9 Å². The molecular weight excluding hydrogens is 395 g/mol. The van der Waals surface area contributed by atoms with Crippen molar-refractivity contribution in [3.63, 3.8) is 0 Å². The molecule has 0 spiro atoms. The molecule has 2 aromatic carbocycles. The first-order chi connectivity index (χ1) is 15.1. The molecule has 0 saturated carbocycles. The van der Waals surface area contributed by atoms with Crippen LogP contribution in [0, 0.1) is 5.82 Å². The van der Waals surface area contributed by atoms with Crippen molar-refractivity contribution < 1.29 is 14.0 Å². The van der Waals surface area contributed by atoms with Gasteiger partial charge in [0.25, 0.3) is 0 Å². The zero-order valence-electron chi connectivity index (χ0n) is 17.8. The number of carbonyl (C=O) groups is 2. The summed E-state index contributed by atoms with van der Waals surface area (Å²) in [5.41, 5.74) is 1.91. The fourth-order valence-corrected chi connectivity index (χ4v) is 3.86. The summed E-state index contributed by atoms with van der Waals surface area (Å²) in [4.78, 5) is 26.5. The SMILES string of the molecule is O=C(Cc1cccc(F)c1)NCCNC(=O)NCC1CCCCN1Cc1ccccc1. The summed E-state index contributed by atoms with van der Waals surface area (Å²) in [6.45, 7) is 3.20. The number of amides is 3. The molecule has 0 aliphatic carbocycles. The minimum absolute atomic E-state index is 0.114. The molecule has 1 saturated heterocycles. The van der Waals surface area contributed by atoms with E-state index in [0.717, 1.165) is 19.5 Å². The highest BCUT2D eigenvalue weighted by Crippen LogP contribution is 2.19. The molecule has 31 heavy (non-hydrogen) atoms. The molecule has 1 heterocycles. The van der Waals surface area contributed by atoms with Gasteiger partial charge in [-0.2, -0.15) is 0 Å². The van der Waals surface area contributed by atoms with Gasteiger partial charge in [-0.15, -0.1) is 0 Å². The van der Waals surface area contributed by atoms with Crippen molar-refractivity contribution in [1.82, 2.24) is 20.9 Å². The lowest BCUT2D eigenvalue weighted by molar-refractivity contribution is -0.120. The number of halogens is 1. The molecule has 3 rings (SSSR count). The maximum absolute atomic E-state index is 13.2. The fourth-order valence-electron chi connectivity index (χ4n) is 3.86. The van der Waals surface area contributed by atoms with Crippen LogP contribution in [0.25, 0.3) is 0 Å². The number of hydrogen-bond acceptors (Lipinski definition) is 3. The smallest absolute Gasteiger partial charge is 0.314 e. The lowest BCUT2D eigenvalue weighted by Gasteiger charge is -2.35. The summed E-state index contributed by atoms with van der Waals surface area (Å²) < 4.78 is 13.2. The van der Waals surface area contributed by atoms with Gasteiger partial charge >= 0.3 is 6.03 Å². The summed E-state index contributed by atoms with van der Waals surface area (Å²) in [5.74, 6) is -0.560. The van der Waals surface area contributed by atoms with Crippen LogP contribution in [-0.4, -0.2) is 49.1 Å². The molecule has 3 amide bonds. The van der Waals surface area contributed by atoms with Gasteiger partial charge in [-0.1, -0.05) is 48.9 Å². The molecular formula is C24H31FN4O2. The largest absolute Gasteiger partial charge is 0.354 e. The van der Waals surface area contributed by atoms with E-state index in [-0.39, 0.29) is 24.2 Å². The van der Waals surface area contributed by atoms with Crippen molar-refractivity contribution in [2.24, 2.45) is 0 Å². The minimum atomic E-state index is -0.357. The Kier molecular flexibility index (Phi) is 8.84. The van der Waals surface area contributed by atoms with Gasteiger partial charge in [-0.05, 0) is 42.6 Å². The molecule has 2 aromatic rings. The molecule has 3 N–H and O–H groups in total. The minimum Gasteiger partial charge on any atom is -0.354 e. The predicted octanol–water partition coefficient (Wildman–Crippen LogP) is 2.84. The van der Waals surface area contributed by atoms with Crippen LogP contribution in [0.3, 0.4) is 0 Å². The van der Waals surface area contributed by atoms with Crippen molar-refractivity contribution in [2.45, 2.75) is 38.3 Å². The Labute approximate surface area is 183 Å². The Bertz CT molecular complexity index is 846. The molecule has 0 bridgehead atoms. The number of carbonyl (C=O) groups excluding carboxylic acids is 2. The van der Waals surface area contributed by atoms with Gasteiger partial charge in [0.05, 0.1) is 6.42 Å². The first-order valence-electron chi connectivity index (χ1n) is 10.9. The van der Waals surface area contributed by atoms with E-state index in [0.29, 0.717) is 31.2 Å². The van der Waals surface area contributed by atoms with E-state index in [4.69, 9.17) is 0 Å². The fraction of sp³-hybridized carbons (Fsp3) is 0.417. The number of piperidine rings is 1. The van der Waals surface area contributed by atoms with Gasteiger partial charge in [0.2, 0.25) is 5.91 Å². The zero-order chi connectivity index (χ0) is 21.9. The molecule has 1 aliphatic rings. The number of nitrogens with one attached hydrogen (secondary N) is 3. The molecule has 166 valence electrons. The average molecular weight is 427 g/mol. The quantitative estimate of drug-likeness (QED) is 0.540. The van der Waals surface area contributed by atoms with Crippen molar-refractivity contribution in [2.75, 3.05) is 26.2 Å². The van der Waals surface area contributed by atoms with Gasteiger partial charge in [0.1, 0.15) is 5.82 Å². The van der Waals surface area contributed by atoms with E-state index in [9.17, 15) is 14.0 Å². The summed E-state index contributed by atoms with van der Waals surface area (Å²) in [7, 11) is 0. The molecule has 1 unspecified atom stereocenters. The van der Waals surface area contributed by atoms with Gasteiger partial charge in [-0.25, -0.2) is 9.18 Å². The van der Waals surface area contributed by atoms with E-state index in [1.165, 1.54) is 30.5 Å². The van der Waals surface area contributed by atoms with Crippen LogP contribution >= 0.6 is 0 Å². The highest BCUT2D eigenvalue weighted by Gasteiger charge is 2.22. The number of urea groups is 1. The molecule has 7 heteroatoms. The Hall–Kier alpha value is -2.93. The maximum Gasteiger partial charge on any atom is 0.314 e. The molecule has 1 aliphatic heterocycles. The Morgan fingerprint density at radius 1 is 0.935 bits per heavy atom. The first-order valence-corrected chi connectivity index (χ1v) is 10.9. The van der Waals surface area contributed by atoms with Gasteiger partial charge in [0.15, 0.2) is 0 Å². The Morgan fingerprint density at radius 3 is 2.52 bits per heavy atom. The Morgan fingerprint density at radius 2 is 1.71 bits per heavy atom. The lowest BCUT2D eigenvalue weighted by Crippen LogP contribution is -2.49. The van der Waals surface area contributed by atoms with Crippen LogP contribution in [0.5, 0.6) is 0 Å². The summed E-state index contributed by atoms with van der Waals surface area (Å²) in [5, 5.41) is 8.46. The summed E-state index contributed by atoms with van der Waals surface area (Å²) in [6.07, 6.45) is 3.55. The standard InChI is InChI=1S/C24H31FN4O2/c25-21-10-6-9-20(15-21)16-23(30)26-12-13-27-24(31)28-17-22-11-4-5-14-29(22)18-19-7-2-1-3-8-19/h1-3,6-10,15,22H,4-5,11-14,16-18H2,(H,26,30)(H2,27,28,31). The summed E-state index contributed by atoms with van der Waals surface area (Å²) >= 11 is 0. The van der Waals surface area contributed by atoms with Crippen LogP contribution in [0.15, 0.2) is 54.6 Å². The molecule has 0 radical (unpaired) electrons. The van der Waals surface area contributed by atoms with Crippen LogP contribution in [0.2, 0.25) is 0 Å². The second kappa shape index (κ2) is 12.1. The van der Waals surface area contributed by atoms with Gasteiger partial charge < -0.3 is 16.0 Å². The second-order valence-corrected chi connectivity index (χ2v) is 7.90. The number of likely N-dealkylation sites (tertiary alicyclic amines) is 1. The maximum atomic E-state index is 13.2. The Balaban J connectivity index is 1.32. The highest BCUT2D eigenvalue weighted by molar-refractivity contribution is 5.78. The van der Waals surface area contributed by atoms with Gasteiger partial charge in [-0.3, -0.25) is 9.69 Å². The van der Waals surface area contributed by atoms with Crippen LogP contribution in [-0.2, 0) is 17.8 Å². The third kappa shape index (κ3) is 8.02. The first kappa shape index (κ1) is 22.7. The number of rotatable bonds is 9. The third-order valence-corrected chi connectivity index (χ3v) is 5.46. The van der Waals surface area contributed by atoms with Crippen LogP contribution < -0.4 is 16.0 Å². The molecule has 1 atom stereocenters. The number of hydrogen-bond donors (Lipinski definition) is 3. The third-order valence-electron chi connectivity index (χ3n) is 5.46.